The van der Waals surface area contributed by atoms with Crippen LogP contribution < -0.4 is 5.19 Å². The highest BCUT2D eigenvalue weighted by atomic mass is 28.6. The third kappa shape index (κ3) is 9.36. The molecule has 6 heterocycles. The van der Waals surface area contributed by atoms with E-state index in [0.717, 1.165) is 11.1 Å². The average Bonchev–Trinajstić information content (AvgIpc) is 2.91. The molecule has 0 spiro atoms. The van der Waals surface area contributed by atoms with Crippen molar-refractivity contribution in [2.24, 2.45) is 0 Å². The molecule has 0 amide bonds. The van der Waals surface area contributed by atoms with Crippen molar-refractivity contribution in [3.63, 3.8) is 0 Å². The van der Waals surface area contributed by atoms with E-state index in [1.807, 2.05) is 30.3 Å². The summed E-state index contributed by atoms with van der Waals surface area (Å²) in [5.41, 5.74) is 2.05. The van der Waals surface area contributed by atoms with Gasteiger partial charge in [-0.25, -0.2) is 0 Å². The van der Waals surface area contributed by atoms with E-state index >= 15 is 0 Å². The number of hydrogen-bond acceptors (Lipinski definition) is 14. The van der Waals surface area contributed by atoms with E-state index in [4.69, 9.17) is 57.9 Å². The molecule has 0 unspecified atom stereocenters. The number of rotatable bonds is 4. The van der Waals surface area contributed by atoms with Crippen LogP contribution in [0.1, 0.15) is 11.1 Å². The number of benzene rings is 2. The average molecular weight is 878 g/mol. The molecule has 0 atom stereocenters. The fraction of sp³-hybridized carbons (Fsp3) is 0.481. The zero-order valence-corrected chi connectivity index (χ0v) is 41.4. The molecule has 6 aliphatic rings. The third-order valence-electron chi connectivity index (χ3n) is 8.15. The Morgan fingerprint density at radius 2 is 0.706 bits per heavy atom. The Morgan fingerprint density at radius 3 is 0.980 bits per heavy atom. The highest BCUT2D eigenvalue weighted by molar-refractivity contribution is 7.02. The molecular formula is C27H48O14Si10. The molecule has 8 bridgehead atoms. The van der Waals surface area contributed by atoms with Crippen LogP contribution in [0.25, 0.3) is 0 Å². The molecule has 0 aromatic heterocycles. The lowest BCUT2D eigenvalue weighted by atomic mass is 10.2. The van der Waals surface area contributed by atoms with E-state index in [9.17, 15) is 0 Å². The molecular weight excluding hydrogens is 829 g/mol. The van der Waals surface area contributed by atoms with E-state index in [2.05, 4.69) is 62.3 Å². The van der Waals surface area contributed by atoms with Crippen molar-refractivity contribution < 1.29 is 57.9 Å². The second-order valence-electron chi connectivity index (χ2n) is 14.5. The van der Waals surface area contributed by atoms with Gasteiger partial charge in [0.05, 0.1) is 0 Å². The molecule has 24 heteroatoms. The monoisotopic (exact) mass is 876 g/mol. The Balaban J connectivity index is 0.000000180. The van der Waals surface area contributed by atoms with Crippen molar-refractivity contribution in [1.29, 1.82) is 0 Å². The first-order chi connectivity index (χ1) is 23.3. The van der Waals surface area contributed by atoms with Crippen LogP contribution >= 0.6 is 0 Å². The summed E-state index contributed by atoms with van der Waals surface area (Å²) in [7, 11) is -29.4. The van der Waals surface area contributed by atoms with Gasteiger partial charge in [0.2, 0.25) is 8.32 Å². The summed E-state index contributed by atoms with van der Waals surface area (Å²) < 4.78 is 88.6. The van der Waals surface area contributed by atoms with Gasteiger partial charge < -0.3 is 57.9 Å². The Bertz CT molecular complexity index is 1440. The SMILES string of the molecule is CO[Si](C)(C)O[Si](C)(C)c1ccc(C#Cc2ccccc2)cc1.C[Si]12O[Si]3(C)O[Si]4(C)O[Si](C)(O1)O[Si]1(C)O[Si](C)(O2)O[Si](C)(O3)O[Si](C)(O4)O1. The summed E-state index contributed by atoms with van der Waals surface area (Å²) in [6.45, 7) is 22.6. The maximum atomic E-state index is 6.39. The molecule has 0 radical (unpaired) electrons. The lowest BCUT2D eigenvalue weighted by Gasteiger charge is -2.60. The molecule has 6 saturated heterocycles. The van der Waals surface area contributed by atoms with E-state index in [-0.39, 0.29) is 0 Å². The Morgan fingerprint density at radius 1 is 0.431 bits per heavy atom. The van der Waals surface area contributed by atoms with Crippen LogP contribution in [0.2, 0.25) is 78.6 Å². The summed E-state index contributed by atoms with van der Waals surface area (Å²) in [4.78, 5) is 0. The topological polar surface area (TPSA) is 129 Å². The van der Waals surface area contributed by atoms with Crippen molar-refractivity contribution in [2.45, 2.75) is 78.6 Å². The highest BCUT2D eigenvalue weighted by Gasteiger charge is 2.78. The largest absolute Gasteiger partial charge is 0.475 e. The van der Waals surface area contributed by atoms with Gasteiger partial charge >= 0.3 is 79.0 Å². The van der Waals surface area contributed by atoms with Crippen molar-refractivity contribution >= 4 is 92.5 Å². The molecule has 0 N–H and O–H groups in total. The fourth-order valence-electron chi connectivity index (χ4n) is 6.88. The minimum absolute atomic E-state index is 1.02. The molecule has 6 aliphatic heterocycles. The van der Waals surface area contributed by atoms with Crippen molar-refractivity contribution in [3.05, 3.63) is 65.7 Å². The van der Waals surface area contributed by atoms with Gasteiger partial charge in [0.1, 0.15) is 0 Å². The van der Waals surface area contributed by atoms with Crippen molar-refractivity contribution in [3.8, 4) is 11.8 Å². The predicted octanol–water partition coefficient (Wildman–Crippen LogP) is 4.67. The Labute approximate surface area is 312 Å². The Kier molecular flexibility index (Phi) is 10.6. The van der Waals surface area contributed by atoms with E-state index in [1.165, 1.54) is 5.19 Å². The van der Waals surface area contributed by atoms with E-state index in [1.54, 1.807) is 59.5 Å². The summed E-state index contributed by atoms with van der Waals surface area (Å²) in [5.74, 6) is 6.39. The van der Waals surface area contributed by atoms with Gasteiger partial charge in [0, 0.05) is 70.6 Å². The molecule has 0 saturated carbocycles. The third-order valence-corrected chi connectivity index (χ3v) is 50.5. The highest BCUT2D eigenvalue weighted by Crippen LogP contribution is 2.47. The van der Waals surface area contributed by atoms with Gasteiger partial charge in [-0.15, -0.1) is 0 Å². The molecule has 280 valence electrons. The van der Waals surface area contributed by atoms with E-state index in [0.29, 0.717) is 0 Å². The zero-order chi connectivity index (χ0) is 37.4. The number of hydrogen-bond donors (Lipinski definition) is 0. The summed E-state index contributed by atoms with van der Waals surface area (Å²) in [5, 5.41) is 1.26. The molecule has 0 aliphatic carbocycles. The minimum Gasteiger partial charge on any atom is -0.432 e. The molecule has 2 aromatic rings. The molecule has 51 heavy (non-hydrogen) atoms. The Hall–Kier alpha value is -0.391. The first kappa shape index (κ1) is 40.3. The maximum absolute atomic E-state index is 6.39. The summed E-state index contributed by atoms with van der Waals surface area (Å²) in [6.07, 6.45) is 0. The standard InChI is InChI=1S/C19H24O2Si2.C8H24O12Si8/c1-20-23(4,5)21-22(2,3)19-15-13-18(14-16-19)12-11-17-9-7-6-8-10-17;1-21-9-22(2)12-25(5)14-23(3,10-21)16-27(7)17-24(4,11-21)15-26(6,13-22)19-28(8,18-25)20-27/h6-10,13-16H,1-5H3;1-8H3. The quantitative estimate of drug-likeness (QED) is 0.312. The van der Waals surface area contributed by atoms with Gasteiger partial charge in [-0.1, -0.05) is 42.2 Å². The maximum Gasteiger partial charge on any atom is 0.475 e. The summed E-state index contributed by atoms with van der Waals surface area (Å²) >= 11 is 0. The normalized spacial score (nSPS) is 41.5. The van der Waals surface area contributed by atoms with Gasteiger partial charge in [0.15, 0.2) is 0 Å². The van der Waals surface area contributed by atoms with Crippen LogP contribution in [-0.4, -0.2) is 94.4 Å². The van der Waals surface area contributed by atoms with Crippen molar-refractivity contribution in [1.82, 2.24) is 0 Å². The second kappa shape index (κ2) is 13.4. The van der Waals surface area contributed by atoms with Gasteiger partial charge in [-0.05, 0) is 55.6 Å². The van der Waals surface area contributed by atoms with Gasteiger partial charge in [0.25, 0.3) is 0 Å². The minimum atomic E-state index is -3.40. The second-order valence-corrected chi connectivity index (χ2v) is 45.8. The van der Waals surface area contributed by atoms with Gasteiger partial charge in [-0.3, -0.25) is 0 Å². The molecule has 2 aromatic carbocycles. The van der Waals surface area contributed by atoms with Crippen molar-refractivity contribution in [2.75, 3.05) is 7.11 Å². The van der Waals surface area contributed by atoms with Crippen LogP contribution in [0, 0.1) is 11.8 Å². The van der Waals surface area contributed by atoms with Crippen LogP contribution in [0.5, 0.6) is 0 Å². The molecule has 6 fully saturated rings. The summed E-state index contributed by atoms with van der Waals surface area (Å²) in [6, 6.07) is 18.5. The lowest BCUT2D eigenvalue weighted by molar-refractivity contribution is -0.0175. The zero-order valence-electron chi connectivity index (χ0n) is 31.4. The van der Waals surface area contributed by atoms with Crippen LogP contribution in [-0.2, 0) is 57.9 Å². The van der Waals surface area contributed by atoms with Crippen LogP contribution in [0.15, 0.2) is 54.6 Å². The first-order valence-corrected chi connectivity index (χ1v) is 40.2. The smallest absolute Gasteiger partial charge is 0.432 e. The predicted molar refractivity (Wildman–Crippen MR) is 208 cm³/mol. The fourth-order valence-corrected chi connectivity index (χ4v) is 58.9. The van der Waals surface area contributed by atoms with E-state index < -0.39 is 87.3 Å². The van der Waals surface area contributed by atoms with Crippen LogP contribution in [0.3, 0.4) is 0 Å². The molecule has 8 rings (SSSR count). The lowest BCUT2D eigenvalue weighted by Crippen LogP contribution is -2.86. The van der Waals surface area contributed by atoms with Crippen LogP contribution in [0.4, 0.5) is 0 Å². The van der Waals surface area contributed by atoms with Gasteiger partial charge in [-0.2, -0.15) is 0 Å². The first-order valence-electron chi connectivity index (χ1n) is 16.7. The molecule has 14 nitrogen and oxygen atoms in total.